The number of epoxide rings is 1. The van der Waals surface area contributed by atoms with Gasteiger partial charge in [0.25, 0.3) is 5.69 Å². The zero-order chi connectivity index (χ0) is 14.7. The number of hydrogen-bond donors (Lipinski definition) is 1. The van der Waals surface area contributed by atoms with Crippen LogP contribution in [0.15, 0.2) is 18.2 Å². The highest BCUT2D eigenvalue weighted by Crippen LogP contribution is 2.36. The summed E-state index contributed by atoms with van der Waals surface area (Å²) in [4.78, 5) is 10.8. The van der Waals surface area contributed by atoms with Crippen LogP contribution in [0.3, 0.4) is 0 Å². The Morgan fingerprint density at radius 3 is 2.81 bits per heavy atom. The van der Waals surface area contributed by atoms with Crippen molar-refractivity contribution in [1.29, 1.82) is 0 Å². The third-order valence-corrected chi connectivity index (χ3v) is 4.07. The number of nitro groups is 1. The molecule has 0 unspecified atom stereocenters. The Hall–Kier alpha value is -1.82. The monoisotopic (exact) mass is 292 g/mol. The molecule has 2 fully saturated rings. The summed E-state index contributed by atoms with van der Waals surface area (Å²) >= 11 is 0. The van der Waals surface area contributed by atoms with Gasteiger partial charge in [-0.25, -0.2) is 0 Å². The van der Waals surface area contributed by atoms with Crippen molar-refractivity contribution in [3.05, 3.63) is 28.3 Å². The molecule has 3 rings (SSSR count). The second-order valence-electron chi connectivity index (χ2n) is 5.71. The molecular formula is C15H20N2O4. The fourth-order valence-corrected chi connectivity index (χ4v) is 2.78. The molecular weight excluding hydrogens is 272 g/mol. The van der Waals surface area contributed by atoms with Crippen LogP contribution in [0.2, 0.25) is 0 Å². The van der Waals surface area contributed by atoms with Gasteiger partial charge >= 0.3 is 0 Å². The van der Waals surface area contributed by atoms with Crippen molar-refractivity contribution in [2.24, 2.45) is 5.92 Å². The first kappa shape index (κ1) is 14.1. The third kappa shape index (κ3) is 3.64. The number of nitro benzene ring substituents is 1. The molecule has 1 aliphatic carbocycles. The second-order valence-corrected chi connectivity index (χ2v) is 5.71. The average molecular weight is 292 g/mol. The maximum Gasteiger partial charge on any atom is 0.296 e. The van der Waals surface area contributed by atoms with Crippen LogP contribution in [0.5, 0.6) is 5.75 Å². The molecule has 1 N–H and O–H groups in total. The highest BCUT2D eigenvalue weighted by atomic mass is 16.6. The molecule has 1 atom stereocenters. The number of nitrogens with zero attached hydrogens (tertiary/aromatic N) is 1. The van der Waals surface area contributed by atoms with Crippen molar-refractivity contribution in [1.82, 2.24) is 0 Å². The van der Waals surface area contributed by atoms with E-state index in [0.717, 1.165) is 6.54 Å². The summed E-state index contributed by atoms with van der Waals surface area (Å²) < 4.78 is 10.8. The number of rotatable bonds is 7. The van der Waals surface area contributed by atoms with E-state index < -0.39 is 0 Å². The molecule has 1 saturated heterocycles. The molecule has 0 aromatic heterocycles. The highest BCUT2D eigenvalue weighted by molar-refractivity contribution is 5.70. The van der Waals surface area contributed by atoms with Gasteiger partial charge in [0.2, 0.25) is 0 Å². The molecule has 114 valence electrons. The first-order valence-electron chi connectivity index (χ1n) is 7.49. The van der Waals surface area contributed by atoms with Gasteiger partial charge in [0.15, 0.2) is 5.69 Å². The van der Waals surface area contributed by atoms with Gasteiger partial charge in [-0.05, 0) is 24.8 Å². The van der Waals surface area contributed by atoms with Crippen LogP contribution < -0.4 is 10.1 Å². The number of ether oxygens (including phenoxy) is 2. The second kappa shape index (κ2) is 6.30. The van der Waals surface area contributed by atoms with E-state index >= 15 is 0 Å². The van der Waals surface area contributed by atoms with E-state index in [2.05, 4.69) is 5.32 Å². The van der Waals surface area contributed by atoms with Crippen LogP contribution in [-0.2, 0) is 4.74 Å². The lowest BCUT2D eigenvalue weighted by molar-refractivity contribution is -0.384. The van der Waals surface area contributed by atoms with Gasteiger partial charge in [0, 0.05) is 12.6 Å². The smallest absolute Gasteiger partial charge is 0.296 e. The summed E-state index contributed by atoms with van der Waals surface area (Å²) in [5.74, 6) is 1.14. The van der Waals surface area contributed by atoms with Gasteiger partial charge < -0.3 is 14.8 Å². The summed E-state index contributed by atoms with van der Waals surface area (Å²) in [6.45, 7) is 1.92. The summed E-state index contributed by atoms with van der Waals surface area (Å²) in [7, 11) is 0. The third-order valence-electron chi connectivity index (χ3n) is 4.07. The predicted octanol–water partition coefficient (Wildman–Crippen LogP) is 2.97. The lowest BCUT2D eigenvalue weighted by Crippen LogP contribution is -2.14. The average Bonchev–Trinajstić information content (AvgIpc) is 3.17. The summed E-state index contributed by atoms with van der Waals surface area (Å²) in [5, 5.41) is 14.4. The number of para-hydroxylation sites is 1. The lowest BCUT2D eigenvalue weighted by atomic mass is 10.1. The normalized spacial score (nSPS) is 21.2. The maximum absolute atomic E-state index is 11.2. The van der Waals surface area contributed by atoms with E-state index in [1.807, 2.05) is 0 Å². The standard InChI is InChI=1S/C15H20N2O4/c18-17(19)13-6-3-7-14(21-10-12-9-20-12)15(13)16-8-11-4-1-2-5-11/h3,6-7,11-12,16H,1-2,4-5,8-10H2/t12-/m0/s1. The van der Waals surface area contributed by atoms with E-state index in [1.54, 1.807) is 12.1 Å². The number of nitrogens with one attached hydrogen (secondary N) is 1. The SMILES string of the molecule is O=[N+]([O-])c1cccc(OC[C@@H]2CO2)c1NCC1CCCC1. The molecule has 0 bridgehead atoms. The van der Waals surface area contributed by atoms with Crippen LogP contribution in [0.1, 0.15) is 25.7 Å². The lowest BCUT2D eigenvalue weighted by Gasteiger charge is -2.15. The predicted molar refractivity (Wildman–Crippen MR) is 78.8 cm³/mol. The molecule has 21 heavy (non-hydrogen) atoms. The maximum atomic E-state index is 11.2. The Morgan fingerprint density at radius 2 is 2.14 bits per heavy atom. The number of anilines is 1. The minimum absolute atomic E-state index is 0.0715. The van der Waals surface area contributed by atoms with Crippen molar-refractivity contribution < 1.29 is 14.4 Å². The van der Waals surface area contributed by atoms with Crippen molar-refractivity contribution >= 4 is 11.4 Å². The first-order chi connectivity index (χ1) is 10.2. The zero-order valence-corrected chi connectivity index (χ0v) is 11.9. The Balaban J connectivity index is 1.73. The fraction of sp³-hybridized carbons (Fsp3) is 0.600. The topological polar surface area (TPSA) is 76.9 Å². The molecule has 1 saturated carbocycles. The summed E-state index contributed by atoms with van der Waals surface area (Å²) in [6.07, 6.45) is 5.03. The van der Waals surface area contributed by atoms with Crippen molar-refractivity contribution in [3.8, 4) is 5.75 Å². The van der Waals surface area contributed by atoms with E-state index in [-0.39, 0.29) is 16.7 Å². The molecule has 1 heterocycles. The summed E-state index contributed by atoms with van der Waals surface area (Å²) in [6, 6.07) is 4.94. The van der Waals surface area contributed by atoms with Crippen LogP contribution in [0.25, 0.3) is 0 Å². The molecule has 0 spiro atoms. The first-order valence-corrected chi connectivity index (χ1v) is 7.49. The van der Waals surface area contributed by atoms with Gasteiger partial charge in [0.1, 0.15) is 18.5 Å². The molecule has 1 aromatic carbocycles. The van der Waals surface area contributed by atoms with E-state index in [1.165, 1.54) is 31.7 Å². The van der Waals surface area contributed by atoms with Crippen LogP contribution in [0.4, 0.5) is 11.4 Å². The Kier molecular flexibility index (Phi) is 4.24. The quantitative estimate of drug-likeness (QED) is 0.475. The molecule has 2 aliphatic rings. The Bertz CT molecular complexity index is 510. The molecule has 0 radical (unpaired) electrons. The van der Waals surface area contributed by atoms with Gasteiger partial charge in [-0.1, -0.05) is 18.9 Å². The zero-order valence-electron chi connectivity index (χ0n) is 11.9. The van der Waals surface area contributed by atoms with E-state index in [4.69, 9.17) is 9.47 Å². The van der Waals surface area contributed by atoms with Gasteiger partial charge in [0.05, 0.1) is 11.5 Å². The molecule has 6 nitrogen and oxygen atoms in total. The largest absolute Gasteiger partial charge is 0.488 e. The molecule has 6 heteroatoms. The molecule has 1 aliphatic heterocycles. The fourth-order valence-electron chi connectivity index (χ4n) is 2.78. The Morgan fingerprint density at radius 1 is 1.38 bits per heavy atom. The van der Waals surface area contributed by atoms with Gasteiger partial charge in [-0.2, -0.15) is 0 Å². The van der Waals surface area contributed by atoms with Crippen molar-refractivity contribution in [2.45, 2.75) is 31.8 Å². The van der Waals surface area contributed by atoms with E-state index in [0.29, 0.717) is 30.6 Å². The minimum Gasteiger partial charge on any atom is -0.488 e. The van der Waals surface area contributed by atoms with Crippen molar-refractivity contribution in [2.75, 3.05) is 25.1 Å². The van der Waals surface area contributed by atoms with Gasteiger partial charge in [-0.15, -0.1) is 0 Å². The Labute approximate surface area is 123 Å². The van der Waals surface area contributed by atoms with Gasteiger partial charge in [-0.3, -0.25) is 10.1 Å². The summed E-state index contributed by atoms with van der Waals surface area (Å²) in [5.41, 5.74) is 0.567. The minimum atomic E-state index is -0.364. The van der Waals surface area contributed by atoms with E-state index in [9.17, 15) is 10.1 Å². The number of benzene rings is 1. The van der Waals surface area contributed by atoms with Crippen LogP contribution >= 0.6 is 0 Å². The van der Waals surface area contributed by atoms with Crippen LogP contribution in [-0.4, -0.2) is 30.8 Å². The molecule has 1 aromatic rings. The highest BCUT2D eigenvalue weighted by Gasteiger charge is 2.26. The van der Waals surface area contributed by atoms with Crippen molar-refractivity contribution in [3.63, 3.8) is 0 Å². The molecule has 0 amide bonds. The number of hydrogen-bond acceptors (Lipinski definition) is 5. The van der Waals surface area contributed by atoms with Crippen LogP contribution in [0, 0.1) is 16.0 Å².